The molecule has 1 N–H and O–H groups in total. The molecule has 0 saturated carbocycles. The molecule has 1 aliphatic heterocycles. The zero-order valence-electron chi connectivity index (χ0n) is 11.6. The van der Waals surface area contributed by atoms with Crippen LogP contribution in [-0.4, -0.2) is 36.1 Å². The topological polar surface area (TPSA) is 90.3 Å². The lowest BCUT2D eigenvalue weighted by atomic mass is 10.1. The maximum atomic E-state index is 12.4. The minimum Gasteiger partial charge on any atom is -0.357 e. The van der Waals surface area contributed by atoms with Crippen LogP contribution in [0.4, 0.5) is 0 Å². The maximum absolute atomic E-state index is 12.4. The molecule has 0 radical (unpaired) electrons. The summed E-state index contributed by atoms with van der Waals surface area (Å²) in [6, 6.07) is 6.21. The van der Waals surface area contributed by atoms with Crippen molar-refractivity contribution >= 4 is 18.1 Å². The summed E-state index contributed by atoms with van der Waals surface area (Å²) >= 11 is 0. The third-order valence-electron chi connectivity index (χ3n) is 3.55. The molecule has 108 valence electrons. The number of amides is 2. The van der Waals surface area contributed by atoms with Gasteiger partial charge in [0.25, 0.3) is 5.91 Å². The smallest absolute Gasteiger partial charge is 0.255 e. The van der Waals surface area contributed by atoms with Crippen LogP contribution in [0.1, 0.15) is 34.3 Å². The zero-order valence-corrected chi connectivity index (χ0v) is 11.6. The van der Waals surface area contributed by atoms with Gasteiger partial charge in [-0.3, -0.25) is 9.59 Å². The highest BCUT2D eigenvalue weighted by Crippen LogP contribution is 2.27. The first-order chi connectivity index (χ1) is 10.1. The van der Waals surface area contributed by atoms with E-state index in [9.17, 15) is 14.4 Å². The summed E-state index contributed by atoms with van der Waals surface area (Å²) in [5.41, 5.74) is 1.72. The largest absolute Gasteiger partial charge is 0.357 e. The van der Waals surface area contributed by atoms with Gasteiger partial charge in [0, 0.05) is 25.6 Å². The van der Waals surface area contributed by atoms with Crippen molar-refractivity contribution in [3.8, 4) is 6.07 Å². The third kappa shape index (κ3) is 2.77. The number of aldehydes is 1. The van der Waals surface area contributed by atoms with Crippen molar-refractivity contribution in [2.24, 2.45) is 0 Å². The number of nitriles is 1. The van der Waals surface area contributed by atoms with Crippen molar-refractivity contribution < 1.29 is 14.4 Å². The quantitative estimate of drug-likeness (QED) is 0.802. The number of fused-ring (bicyclic) bond motifs is 1. The van der Waals surface area contributed by atoms with Crippen molar-refractivity contribution in [2.75, 3.05) is 7.05 Å². The van der Waals surface area contributed by atoms with Gasteiger partial charge in [-0.1, -0.05) is 0 Å². The Labute approximate surface area is 122 Å². The normalized spacial score (nSPS) is 14.3. The highest BCUT2D eigenvalue weighted by molar-refractivity contribution is 6.01. The number of likely N-dealkylation sites (N-methyl/N-ethyl adjacent to an activating group) is 1. The fourth-order valence-corrected chi connectivity index (χ4v) is 2.49. The summed E-state index contributed by atoms with van der Waals surface area (Å²) < 4.78 is 0. The predicted octanol–water partition coefficient (Wildman–Crippen LogP) is 0.608. The molecule has 0 aliphatic carbocycles. The van der Waals surface area contributed by atoms with Crippen LogP contribution < -0.4 is 5.32 Å². The standard InChI is InChI=1S/C15H15N3O3/c1-17-14(20)13(3-2-6-19)18-9-11-7-10(8-16)4-5-12(11)15(18)21/h4-7,13H,2-3,9H2,1H3,(H,17,20). The molecule has 0 saturated heterocycles. The van der Waals surface area contributed by atoms with Crippen molar-refractivity contribution in [3.05, 3.63) is 34.9 Å². The van der Waals surface area contributed by atoms with Crippen LogP contribution in [0, 0.1) is 11.3 Å². The highest BCUT2D eigenvalue weighted by atomic mass is 16.2. The predicted molar refractivity (Wildman–Crippen MR) is 74.2 cm³/mol. The number of nitrogens with zero attached hydrogens (tertiary/aromatic N) is 2. The monoisotopic (exact) mass is 285 g/mol. The molecule has 0 fully saturated rings. The minimum atomic E-state index is -0.675. The van der Waals surface area contributed by atoms with E-state index in [0.717, 1.165) is 11.8 Å². The number of carbonyl (C=O) groups is 3. The molecule has 0 aromatic heterocycles. The van der Waals surface area contributed by atoms with E-state index in [-0.39, 0.29) is 31.2 Å². The van der Waals surface area contributed by atoms with Gasteiger partial charge < -0.3 is 15.0 Å². The van der Waals surface area contributed by atoms with Gasteiger partial charge in [-0.15, -0.1) is 0 Å². The molecule has 1 aromatic rings. The van der Waals surface area contributed by atoms with Crippen LogP contribution in [0.3, 0.4) is 0 Å². The fraction of sp³-hybridized carbons (Fsp3) is 0.333. The van der Waals surface area contributed by atoms with Crippen LogP contribution in [0.2, 0.25) is 0 Å². The Bertz CT molecular complexity index is 634. The summed E-state index contributed by atoms with van der Waals surface area (Å²) in [6.45, 7) is 0.278. The second kappa shape index (κ2) is 6.18. The molecular formula is C15H15N3O3. The molecule has 1 unspecified atom stereocenters. The summed E-state index contributed by atoms with van der Waals surface area (Å²) in [7, 11) is 1.50. The second-order valence-corrected chi connectivity index (χ2v) is 4.79. The Hall–Kier alpha value is -2.68. The van der Waals surface area contributed by atoms with Gasteiger partial charge in [0.2, 0.25) is 5.91 Å². The molecule has 0 bridgehead atoms. The van der Waals surface area contributed by atoms with Gasteiger partial charge in [-0.2, -0.15) is 5.26 Å². The van der Waals surface area contributed by atoms with E-state index in [1.54, 1.807) is 18.2 Å². The van der Waals surface area contributed by atoms with Crippen molar-refractivity contribution in [1.82, 2.24) is 10.2 Å². The van der Waals surface area contributed by atoms with E-state index in [2.05, 4.69) is 5.32 Å². The SMILES string of the molecule is CNC(=O)C(CCC=O)N1Cc2cc(C#N)ccc2C1=O. The summed E-state index contributed by atoms with van der Waals surface area (Å²) in [5.74, 6) is -0.535. The number of carbonyl (C=O) groups excluding carboxylic acids is 3. The molecule has 1 heterocycles. The lowest BCUT2D eigenvalue weighted by molar-refractivity contribution is -0.125. The molecule has 0 spiro atoms. The van der Waals surface area contributed by atoms with E-state index in [4.69, 9.17) is 5.26 Å². The van der Waals surface area contributed by atoms with Crippen molar-refractivity contribution in [2.45, 2.75) is 25.4 Å². The first-order valence-electron chi connectivity index (χ1n) is 6.61. The van der Waals surface area contributed by atoms with Gasteiger partial charge >= 0.3 is 0 Å². The van der Waals surface area contributed by atoms with Gasteiger partial charge in [-0.05, 0) is 30.2 Å². The molecule has 1 aromatic carbocycles. The minimum absolute atomic E-state index is 0.210. The molecular weight excluding hydrogens is 270 g/mol. The fourth-order valence-electron chi connectivity index (χ4n) is 2.49. The molecule has 2 amide bonds. The summed E-state index contributed by atoms with van der Waals surface area (Å²) in [6.07, 6.45) is 1.23. The summed E-state index contributed by atoms with van der Waals surface area (Å²) in [5, 5.41) is 11.4. The molecule has 1 aliphatic rings. The number of hydrogen-bond donors (Lipinski definition) is 1. The Morgan fingerprint density at radius 2 is 2.33 bits per heavy atom. The van der Waals surface area contributed by atoms with Crippen LogP contribution >= 0.6 is 0 Å². The van der Waals surface area contributed by atoms with Crippen molar-refractivity contribution in [3.63, 3.8) is 0 Å². The average Bonchev–Trinajstić information content (AvgIpc) is 2.83. The van der Waals surface area contributed by atoms with Gasteiger partial charge in [0.1, 0.15) is 12.3 Å². The first kappa shape index (κ1) is 14.7. The average molecular weight is 285 g/mol. The van der Waals surface area contributed by atoms with Crippen LogP contribution in [-0.2, 0) is 16.1 Å². The van der Waals surface area contributed by atoms with E-state index >= 15 is 0 Å². The number of rotatable bonds is 5. The van der Waals surface area contributed by atoms with Crippen molar-refractivity contribution in [1.29, 1.82) is 5.26 Å². The highest BCUT2D eigenvalue weighted by Gasteiger charge is 2.35. The Kier molecular flexibility index (Phi) is 4.33. The number of benzene rings is 1. The van der Waals surface area contributed by atoms with E-state index in [0.29, 0.717) is 11.1 Å². The first-order valence-corrected chi connectivity index (χ1v) is 6.61. The number of hydrogen-bond acceptors (Lipinski definition) is 4. The number of nitrogens with one attached hydrogen (secondary N) is 1. The molecule has 6 nitrogen and oxygen atoms in total. The Morgan fingerprint density at radius 1 is 1.57 bits per heavy atom. The molecule has 21 heavy (non-hydrogen) atoms. The Balaban J connectivity index is 2.29. The van der Waals surface area contributed by atoms with Gasteiger partial charge in [-0.25, -0.2) is 0 Å². The molecule has 6 heteroatoms. The van der Waals surface area contributed by atoms with Crippen LogP contribution in [0.5, 0.6) is 0 Å². The maximum Gasteiger partial charge on any atom is 0.255 e. The third-order valence-corrected chi connectivity index (χ3v) is 3.55. The summed E-state index contributed by atoms with van der Waals surface area (Å²) in [4.78, 5) is 36.3. The van der Waals surface area contributed by atoms with E-state index in [1.165, 1.54) is 11.9 Å². The lowest BCUT2D eigenvalue weighted by Gasteiger charge is -2.25. The van der Waals surface area contributed by atoms with E-state index in [1.807, 2.05) is 6.07 Å². The van der Waals surface area contributed by atoms with Gasteiger partial charge in [0.05, 0.1) is 11.6 Å². The molecule has 2 rings (SSSR count). The molecule has 1 atom stereocenters. The Morgan fingerprint density at radius 3 is 2.95 bits per heavy atom. The van der Waals surface area contributed by atoms with Gasteiger partial charge in [0.15, 0.2) is 0 Å². The van der Waals surface area contributed by atoms with Crippen LogP contribution in [0.15, 0.2) is 18.2 Å². The lowest BCUT2D eigenvalue weighted by Crippen LogP contribution is -2.46. The van der Waals surface area contributed by atoms with E-state index < -0.39 is 6.04 Å². The van der Waals surface area contributed by atoms with Crippen LogP contribution in [0.25, 0.3) is 0 Å². The zero-order chi connectivity index (χ0) is 15.4. The second-order valence-electron chi connectivity index (χ2n) is 4.79.